The molecule has 6 heteroatoms. The van der Waals surface area contributed by atoms with E-state index < -0.39 is 0 Å². The molecule has 0 bridgehead atoms. The van der Waals surface area contributed by atoms with Crippen molar-refractivity contribution in [1.29, 1.82) is 0 Å². The molecule has 0 saturated heterocycles. The summed E-state index contributed by atoms with van der Waals surface area (Å²) in [5, 5.41) is 10.0. The number of nitrogens with one attached hydrogen (secondary N) is 2. The van der Waals surface area contributed by atoms with Crippen molar-refractivity contribution in [2.45, 2.75) is 39.2 Å². The molecule has 2 N–H and O–H groups in total. The third kappa shape index (κ3) is 4.30. The lowest BCUT2D eigenvalue weighted by atomic mass is 10.00. The number of halogens is 1. The SMILES string of the molecule is CC(C)c1[nH]nc(C(=O)NCCCN2CCc3ccccc3C2)c1Br. The highest BCUT2D eigenvalue weighted by atomic mass is 79.9. The molecule has 0 radical (unpaired) electrons. The van der Waals surface area contributed by atoms with Gasteiger partial charge in [-0.15, -0.1) is 0 Å². The minimum atomic E-state index is -0.126. The number of nitrogens with zero attached hydrogens (tertiary/aromatic N) is 2. The maximum atomic E-state index is 12.3. The van der Waals surface area contributed by atoms with E-state index in [4.69, 9.17) is 0 Å². The van der Waals surface area contributed by atoms with Gasteiger partial charge in [-0.2, -0.15) is 5.10 Å². The first-order chi connectivity index (χ1) is 12.1. The van der Waals surface area contributed by atoms with Gasteiger partial charge in [0, 0.05) is 26.2 Å². The van der Waals surface area contributed by atoms with Crippen LogP contribution < -0.4 is 5.32 Å². The number of aromatic nitrogens is 2. The zero-order valence-electron chi connectivity index (χ0n) is 14.8. The molecule has 134 valence electrons. The van der Waals surface area contributed by atoms with Crippen LogP contribution in [0.5, 0.6) is 0 Å². The van der Waals surface area contributed by atoms with Crippen LogP contribution in [0.3, 0.4) is 0 Å². The van der Waals surface area contributed by atoms with Crippen molar-refractivity contribution in [3.8, 4) is 0 Å². The fraction of sp³-hybridized carbons (Fsp3) is 0.474. The Bertz CT molecular complexity index is 741. The standard InChI is InChI=1S/C19H25BrN4O/c1-13(2)17-16(20)18(23-22-17)19(25)21-9-5-10-24-11-8-14-6-3-4-7-15(14)12-24/h3-4,6-7,13H,5,8-12H2,1-2H3,(H,21,25)(H,22,23). The Morgan fingerprint density at radius 2 is 2.12 bits per heavy atom. The maximum absolute atomic E-state index is 12.3. The highest BCUT2D eigenvalue weighted by molar-refractivity contribution is 9.10. The van der Waals surface area contributed by atoms with E-state index in [1.165, 1.54) is 11.1 Å². The smallest absolute Gasteiger partial charge is 0.272 e. The molecule has 0 fully saturated rings. The zero-order valence-corrected chi connectivity index (χ0v) is 16.4. The number of fused-ring (bicyclic) bond motifs is 1. The van der Waals surface area contributed by atoms with E-state index in [2.05, 4.69) is 74.5 Å². The average molecular weight is 405 g/mol. The number of carbonyl (C=O) groups is 1. The number of H-pyrrole nitrogens is 1. The predicted molar refractivity (Wildman–Crippen MR) is 103 cm³/mol. The summed E-state index contributed by atoms with van der Waals surface area (Å²) in [7, 11) is 0. The highest BCUT2D eigenvalue weighted by Gasteiger charge is 2.19. The van der Waals surface area contributed by atoms with Crippen molar-refractivity contribution in [3.63, 3.8) is 0 Å². The summed E-state index contributed by atoms with van der Waals surface area (Å²) in [6.07, 6.45) is 2.05. The lowest BCUT2D eigenvalue weighted by molar-refractivity contribution is 0.0945. The Balaban J connectivity index is 1.44. The van der Waals surface area contributed by atoms with Crippen molar-refractivity contribution in [3.05, 3.63) is 51.3 Å². The Kier molecular flexibility index (Phi) is 5.91. The van der Waals surface area contributed by atoms with Gasteiger partial charge >= 0.3 is 0 Å². The van der Waals surface area contributed by atoms with E-state index in [0.29, 0.717) is 18.2 Å². The number of amides is 1. The van der Waals surface area contributed by atoms with Crippen LogP contribution in [-0.2, 0) is 13.0 Å². The van der Waals surface area contributed by atoms with E-state index in [1.807, 2.05) is 0 Å². The molecule has 0 unspecified atom stereocenters. The van der Waals surface area contributed by atoms with E-state index in [0.717, 1.165) is 42.6 Å². The normalized spacial score (nSPS) is 14.6. The first-order valence-electron chi connectivity index (χ1n) is 8.87. The molecule has 1 aromatic heterocycles. The second-order valence-electron chi connectivity index (χ2n) is 6.86. The minimum absolute atomic E-state index is 0.126. The van der Waals surface area contributed by atoms with Crippen LogP contribution in [0.1, 0.15) is 53.5 Å². The van der Waals surface area contributed by atoms with Crippen LogP contribution in [0.25, 0.3) is 0 Å². The zero-order chi connectivity index (χ0) is 17.8. The van der Waals surface area contributed by atoms with Crippen LogP contribution >= 0.6 is 15.9 Å². The number of rotatable bonds is 6. The van der Waals surface area contributed by atoms with Crippen LogP contribution in [0, 0.1) is 0 Å². The Labute approximate surface area is 157 Å². The Hall–Kier alpha value is -1.66. The molecule has 2 aromatic rings. The summed E-state index contributed by atoms with van der Waals surface area (Å²) in [4.78, 5) is 14.7. The van der Waals surface area contributed by atoms with Crippen LogP contribution in [0.15, 0.2) is 28.7 Å². The lowest BCUT2D eigenvalue weighted by Gasteiger charge is -2.28. The summed E-state index contributed by atoms with van der Waals surface area (Å²) in [5.74, 6) is 0.171. The summed E-state index contributed by atoms with van der Waals surface area (Å²) >= 11 is 3.48. The number of aromatic amines is 1. The number of hydrogen-bond donors (Lipinski definition) is 2. The van der Waals surface area contributed by atoms with E-state index >= 15 is 0 Å². The summed E-state index contributed by atoms with van der Waals surface area (Å²) < 4.78 is 0.771. The molecule has 1 aliphatic heterocycles. The van der Waals surface area contributed by atoms with Gasteiger partial charge in [-0.3, -0.25) is 14.8 Å². The van der Waals surface area contributed by atoms with Crippen LogP contribution in [0.2, 0.25) is 0 Å². The van der Waals surface area contributed by atoms with Crippen molar-refractivity contribution < 1.29 is 4.79 Å². The van der Waals surface area contributed by atoms with Gasteiger partial charge in [0.2, 0.25) is 0 Å². The summed E-state index contributed by atoms with van der Waals surface area (Å²) in [5.41, 5.74) is 4.29. The van der Waals surface area contributed by atoms with Gasteiger partial charge in [0.25, 0.3) is 5.91 Å². The molecule has 0 spiro atoms. The molecule has 1 amide bonds. The minimum Gasteiger partial charge on any atom is -0.351 e. The first kappa shape index (κ1) is 18.1. The molecule has 0 aliphatic carbocycles. The second-order valence-corrected chi connectivity index (χ2v) is 7.65. The van der Waals surface area contributed by atoms with E-state index in [9.17, 15) is 4.79 Å². The molecular formula is C19H25BrN4O. The number of hydrogen-bond acceptors (Lipinski definition) is 3. The Morgan fingerprint density at radius 3 is 2.84 bits per heavy atom. The molecule has 5 nitrogen and oxygen atoms in total. The fourth-order valence-corrected chi connectivity index (χ4v) is 4.02. The lowest BCUT2D eigenvalue weighted by Crippen LogP contribution is -2.33. The predicted octanol–water partition coefficient (Wildman–Crippen LogP) is 3.47. The van der Waals surface area contributed by atoms with Gasteiger partial charge in [0.1, 0.15) is 0 Å². The van der Waals surface area contributed by atoms with E-state index in [1.54, 1.807) is 0 Å². The van der Waals surface area contributed by atoms with Gasteiger partial charge in [0.15, 0.2) is 5.69 Å². The van der Waals surface area contributed by atoms with Gasteiger partial charge in [0.05, 0.1) is 10.2 Å². The van der Waals surface area contributed by atoms with E-state index in [-0.39, 0.29) is 5.91 Å². The fourth-order valence-electron chi connectivity index (χ4n) is 3.21. The number of carbonyl (C=O) groups excluding carboxylic acids is 1. The van der Waals surface area contributed by atoms with Gasteiger partial charge in [-0.1, -0.05) is 38.1 Å². The van der Waals surface area contributed by atoms with Crippen molar-refractivity contribution >= 4 is 21.8 Å². The quantitative estimate of drug-likeness (QED) is 0.724. The number of benzene rings is 1. The monoisotopic (exact) mass is 404 g/mol. The molecule has 0 atom stereocenters. The maximum Gasteiger partial charge on any atom is 0.272 e. The largest absolute Gasteiger partial charge is 0.351 e. The molecule has 3 rings (SSSR count). The van der Waals surface area contributed by atoms with Crippen LogP contribution in [0.4, 0.5) is 0 Å². The topological polar surface area (TPSA) is 61.0 Å². The van der Waals surface area contributed by atoms with Crippen molar-refractivity contribution in [2.24, 2.45) is 0 Å². The molecule has 25 heavy (non-hydrogen) atoms. The Morgan fingerprint density at radius 1 is 1.36 bits per heavy atom. The van der Waals surface area contributed by atoms with Crippen LogP contribution in [-0.4, -0.2) is 40.6 Å². The van der Waals surface area contributed by atoms with Crippen molar-refractivity contribution in [1.82, 2.24) is 20.4 Å². The molecule has 0 saturated carbocycles. The molecule has 2 heterocycles. The van der Waals surface area contributed by atoms with Gasteiger partial charge in [-0.25, -0.2) is 0 Å². The third-order valence-electron chi connectivity index (χ3n) is 4.67. The third-order valence-corrected chi connectivity index (χ3v) is 5.47. The van der Waals surface area contributed by atoms with Gasteiger partial charge < -0.3 is 5.32 Å². The molecule has 1 aromatic carbocycles. The molecular weight excluding hydrogens is 380 g/mol. The van der Waals surface area contributed by atoms with Crippen molar-refractivity contribution in [2.75, 3.05) is 19.6 Å². The highest BCUT2D eigenvalue weighted by Crippen LogP contribution is 2.25. The summed E-state index contributed by atoms with van der Waals surface area (Å²) in [6, 6.07) is 8.66. The first-order valence-corrected chi connectivity index (χ1v) is 9.66. The second kappa shape index (κ2) is 8.15. The summed E-state index contributed by atoms with van der Waals surface area (Å²) in [6.45, 7) is 7.88. The average Bonchev–Trinajstić information content (AvgIpc) is 3.00. The molecule has 1 aliphatic rings. The van der Waals surface area contributed by atoms with Gasteiger partial charge in [-0.05, 0) is 45.8 Å².